The summed E-state index contributed by atoms with van der Waals surface area (Å²) in [7, 11) is 0. The van der Waals surface area contributed by atoms with Crippen LogP contribution in [0, 0.1) is 12.8 Å². The smallest absolute Gasteiger partial charge is 0.251 e. The van der Waals surface area contributed by atoms with Gasteiger partial charge in [-0.1, -0.05) is 0 Å². The van der Waals surface area contributed by atoms with Gasteiger partial charge < -0.3 is 9.80 Å². The van der Waals surface area contributed by atoms with Crippen molar-refractivity contribution in [3.63, 3.8) is 0 Å². The van der Waals surface area contributed by atoms with Crippen LogP contribution in [0.3, 0.4) is 0 Å². The Morgan fingerprint density at radius 1 is 1.27 bits per heavy atom. The lowest BCUT2D eigenvalue weighted by molar-refractivity contribution is -0.140. The molecule has 1 aromatic rings. The van der Waals surface area contributed by atoms with E-state index in [1.807, 2.05) is 13.0 Å². The Morgan fingerprint density at radius 2 is 2.00 bits per heavy atom. The van der Waals surface area contributed by atoms with Crippen LogP contribution < -0.4 is 4.90 Å². The molecule has 120 valence electrons. The minimum atomic E-state index is -2.61. The maximum absolute atomic E-state index is 13.2. The molecule has 0 aliphatic carbocycles. The molecule has 3 rings (SSSR count). The van der Waals surface area contributed by atoms with Crippen molar-refractivity contribution in [2.45, 2.75) is 32.1 Å². The van der Waals surface area contributed by atoms with Crippen LogP contribution in [-0.2, 0) is 4.79 Å². The zero-order valence-electron chi connectivity index (χ0n) is 12.6. The van der Waals surface area contributed by atoms with Gasteiger partial charge in [0.25, 0.3) is 5.92 Å². The Kier molecular flexibility index (Phi) is 3.97. The van der Waals surface area contributed by atoms with Crippen molar-refractivity contribution >= 4 is 11.7 Å². The lowest BCUT2D eigenvalue weighted by atomic mass is 10.0. The standard InChI is InChI=1S/C15H20F2N4O/c1-11-8-13(19-10-18-11)21-5-2-12(9-21)14(22)20-6-3-15(16,17)4-7-20/h8,10,12H,2-7,9H2,1H3. The van der Waals surface area contributed by atoms with E-state index in [9.17, 15) is 13.6 Å². The molecular weight excluding hydrogens is 290 g/mol. The van der Waals surface area contributed by atoms with E-state index in [0.717, 1.165) is 24.5 Å². The number of nitrogens with zero attached hydrogens (tertiary/aromatic N) is 4. The van der Waals surface area contributed by atoms with Gasteiger partial charge in [-0.3, -0.25) is 4.79 Å². The Hall–Kier alpha value is -1.79. The average molecular weight is 310 g/mol. The monoisotopic (exact) mass is 310 g/mol. The molecule has 2 fully saturated rings. The van der Waals surface area contributed by atoms with Crippen molar-refractivity contribution in [2.75, 3.05) is 31.1 Å². The van der Waals surface area contributed by atoms with Crippen molar-refractivity contribution in [1.29, 1.82) is 0 Å². The first-order valence-corrected chi connectivity index (χ1v) is 7.65. The number of likely N-dealkylation sites (tertiary alicyclic amines) is 1. The van der Waals surface area contributed by atoms with Crippen LogP contribution in [0.4, 0.5) is 14.6 Å². The Bertz CT molecular complexity index is 556. The number of amides is 1. The number of halogens is 2. The zero-order chi connectivity index (χ0) is 15.7. The number of alkyl halides is 2. The summed E-state index contributed by atoms with van der Waals surface area (Å²) in [6, 6.07) is 1.90. The molecule has 1 aromatic heterocycles. The number of piperidine rings is 1. The van der Waals surface area contributed by atoms with Gasteiger partial charge in [-0.15, -0.1) is 0 Å². The molecule has 7 heteroatoms. The largest absolute Gasteiger partial charge is 0.356 e. The van der Waals surface area contributed by atoms with E-state index in [-0.39, 0.29) is 37.8 Å². The summed E-state index contributed by atoms with van der Waals surface area (Å²) in [6.45, 7) is 3.58. The average Bonchev–Trinajstić information content (AvgIpc) is 2.96. The molecule has 2 saturated heterocycles. The Morgan fingerprint density at radius 3 is 2.68 bits per heavy atom. The highest BCUT2D eigenvalue weighted by Crippen LogP contribution is 2.30. The lowest BCUT2D eigenvalue weighted by Gasteiger charge is -2.33. The fraction of sp³-hybridized carbons (Fsp3) is 0.667. The van der Waals surface area contributed by atoms with E-state index in [0.29, 0.717) is 6.54 Å². The molecule has 2 aliphatic heterocycles. The third-order valence-corrected chi connectivity index (χ3v) is 4.46. The van der Waals surface area contributed by atoms with Gasteiger partial charge in [-0.25, -0.2) is 18.7 Å². The maximum Gasteiger partial charge on any atom is 0.251 e. The fourth-order valence-corrected chi connectivity index (χ4v) is 3.10. The van der Waals surface area contributed by atoms with E-state index < -0.39 is 5.92 Å². The van der Waals surface area contributed by atoms with Gasteiger partial charge in [0.15, 0.2) is 0 Å². The van der Waals surface area contributed by atoms with E-state index >= 15 is 0 Å². The Balaban J connectivity index is 1.59. The molecule has 0 aromatic carbocycles. The Labute approximate surface area is 128 Å². The van der Waals surface area contributed by atoms with Crippen LogP contribution in [-0.4, -0.2) is 52.9 Å². The van der Waals surface area contributed by atoms with Gasteiger partial charge in [0.05, 0.1) is 5.92 Å². The number of hydrogen-bond acceptors (Lipinski definition) is 4. The van der Waals surface area contributed by atoms with Crippen molar-refractivity contribution in [3.05, 3.63) is 18.1 Å². The number of hydrogen-bond donors (Lipinski definition) is 0. The highest BCUT2D eigenvalue weighted by molar-refractivity contribution is 5.80. The van der Waals surface area contributed by atoms with Gasteiger partial charge >= 0.3 is 0 Å². The summed E-state index contributed by atoms with van der Waals surface area (Å²) in [4.78, 5) is 24.4. The predicted molar refractivity (Wildman–Crippen MR) is 77.9 cm³/mol. The molecule has 0 bridgehead atoms. The predicted octanol–water partition coefficient (Wildman–Crippen LogP) is 1.87. The number of aromatic nitrogens is 2. The topological polar surface area (TPSA) is 49.3 Å². The number of carbonyl (C=O) groups is 1. The zero-order valence-corrected chi connectivity index (χ0v) is 12.6. The highest BCUT2D eigenvalue weighted by Gasteiger charge is 2.38. The minimum Gasteiger partial charge on any atom is -0.356 e. The molecule has 1 amide bonds. The molecule has 0 radical (unpaired) electrons. The van der Waals surface area contributed by atoms with Crippen LogP contribution in [0.5, 0.6) is 0 Å². The van der Waals surface area contributed by atoms with E-state index in [1.165, 1.54) is 6.33 Å². The third-order valence-electron chi connectivity index (χ3n) is 4.46. The molecule has 3 heterocycles. The summed E-state index contributed by atoms with van der Waals surface area (Å²) in [6.07, 6.45) is 1.82. The minimum absolute atomic E-state index is 0.00350. The van der Waals surface area contributed by atoms with Crippen molar-refractivity contribution in [3.8, 4) is 0 Å². The van der Waals surface area contributed by atoms with E-state index in [2.05, 4.69) is 14.9 Å². The van der Waals surface area contributed by atoms with Crippen LogP contribution in [0.15, 0.2) is 12.4 Å². The van der Waals surface area contributed by atoms with Gasteiger partial charge in [-0.05, 0) is 13.3 Å². The summed E-state index contributed by atoms with van der Waals surface area (Å²) in [5.74, 6) is -1.91. The summed E-state index contributed by atoms with van der Waals surface area (Å²) in [5.41, 5.74) is 0.887. The van der Waals surface area contributed by atoms with Gasteiger partial charge in [0.1, 0.15) is 12.1 Å². The van der Waals surface area contributed by atoms with E-state index in [4.69, 9.17) is 0 Å². The second kappa shape index (κ2) is 5.78. The van der Waals surface area contributed by atoms with Crippen molar-refractivity contribution in [1.82, 2.24) is 14.9 Å². The maximum atomic E-state index is 13.2. The number of anilines is 1. The summed E-state index contributed by atoms with van der Waals surface area (Å²) >= 11 is 0. The number of carbonyl (C=O) groups excluding carboxylic acids is 1. The van der Waals surface area contributed by atoms with Gasteiger partial charge in [0, 0.05) is 50.8 Å². The van der Waals surface area contributed by atoms with Crippen LogP contribution in [0.25, 0.3) is 0 Å². The molecule has 5 nitrogen and oxygen atoms in total. The lowest BCUT2D eigenvalue weighted by Crippen LogP contribution is -2.45. The normalized spacial score (nSPS) is 24.6. The first-order valence-electron chi connectivity index (χ1n) is 7.65. The van der Waals surface area contributed by atoms with E-state index in [1.54, 1.807) is 4.90 Å². The van der Waals surface area contributed by atoms with Crippen molar-refractivity contribution in [2.24, 2.45) is 5.92 Å². The molecule has 0 spiro atoms. The summed E-state index contributed by atoms with van der Waals surface area (Å²) < 4.78 is 26.4. The molecular formula is C15H20F2N4O. The summed E-state index contributed by atoms with van der Waals surface area (Å²) in [5, 5.41) is 0. The second-order valence-corrected chi connectivity index (χ2v) is 6.13. The first kappa shape index (κ1) is 15.1. The van der Waals surface area contributed by atoms with Crippen LogP contribution in [0.1, 0.15) is 25.0 Å². The molecule has 1 unspecified atom stereocenters. The SMILES string of the molecule is Cc1cc(N2CCC(C(=O)N3CCC(F)(F)CC3)C2)ncn1. The van der Waals surface area contributed by atoms with Gasteiger partial charge in [0.2, 0.25) is 5.91 Å². The van der Waals surface area contributed by atoms with Crippen LogP contribution in [0.2, 0.25) is 0 Å². The fourth-order valence-electron chi connectivity index (χ4n) is 3.10. The quantitative estimate of drug-likeness (QED) is 0.837. The molecule has 0 N–H and O–H groups in total. The van der Waals surface area contributed by atoms with Crippen molar-refractivity contribution < 1.29 is 13.6 Å². The van der Waals surface area contributed by atoms with Crippen LogP contribution >= 0.6 is 0 Å². The first-order chi connectivity index (χ1) is 10.4. The second-order valence-electron chi connectivity index (χ2n) is 6.13. The molecule has 22 heavy (non-hydrogen) atoms. The molecule has 1 atom stereocenters. The highest BCUT2D eigenvalue weighted by atomic mass is 19.3. The molecule has 0 saturated carbocycles. The number of aryl methyl sites for hydroxylation is 1. The van der Waals surface area contributed by atoms with Gasteiger partial charge in [-0.2, -0.15) is 0 Å². The number of rotatable bonds is 2. The third kappa shape index (κ3) is 3.18. The molecule has 2 aliphatic rings.